The first-order chi connectivity index (χ1) is 13.6. The van der Waals surface area contributed by atoms with E-state index in [1.165, 1.54) is 12.2 Å². The molecule has 2 aromatic rings. The number of ether oxygens (including phenoxy) is 1. The maximum Gasteiger partial charge on any atom is 0.180 e. The molecule has 0 saturated heterocycles. The zero-order valence-corrected chi connectivity index (χ0v) is 15.8. The molecule has 2 aromatic carbocycles. The summed E-state index contributed by atoms with van der Waals surface area (Å²) in [6, 6.07) is 13.4. The van der Waals surface area contributed by atoms with Crippen molar-refractivity contribution in [3.63, 3.8) is 0 Å². The average molecular weight is 379 g/mol. The summed E-state index contributed by atoms with van der Waals surface area (Å²) in [7, 11) is 1.65. The maximum absolute atomic E-state index is 12.3. The number of carbonyl (C=O) groups is 1. The zero-order valence-electron chi connectivity index (χ0n) is 15.8. The number of hydrogen-bond acceptors (Lipinski definition) is 5. The van der Waals surface area contributed by atoms with Crippen molar-refractivity contribution in [1.82, 2.24) is 5.32 Å². The van der Waals surface area contributed by atoms with Crippen molar-refractivity contribution >= 4 is 17.9 Å². The number of hydrogen-bond donors (Lipinski definition) is 3. The minimum absolute atomic E-state index is 0.155. The Morgan fingerprint density at radius 3 is 2.00 bits per heavy atom. The molecule has 146 valence electrons. The third-order valence-electron chi connectivity index (χ3n) is 3.83. The largest absolute Gasteiger partial charge is 0.508 e. The number of rotatable bonds is 10. The predicted octanol–water partition coefficient (Wildman–Crippen LogP) is 3.90. The van der Waals surface area contributed by atoms with E-state index in [0.717, 1.165) is 17.5 Å². The van der Waals surface area contributed by atoms with Crippen LogP contribution in [0.2, 0.25) is 0 Å². The van der Waals surface area contributed by atoms with Crippen LogP contribution in [-0.4, -0.2) is 36.3 Å². The van der Waals surface area contributed by atoms with Crippen LogP contribution < -0.4 is 5.32 Å². The molecule has 0 fully saturated rings. The second-order valence-corrected chi connectivity index (χ2v) is 6.12. The quantitative estimate of drug-likeness (QED) is 0.331. The third-order valence-corrected chi connectivity index (χ3v) is 3.83. The Hall–Kier alpha value is -3.31. The second-order valence-electron chi connectivity index (χ2n) is 6.12. The summed E-state index contributed by atoms with van der Waals surface area (Å²) >= 11 is 0. The van der Waals surface area contributed by atoms with Crippen LogP contribution in [0.3, 0.4) is 0 Å². The molecular weight excluding hydrogens is 354 g/mol. The minimum Gasteiger partial charge on any atom is -0.508 e. The molecule has 0 aromatic heterocycles. The molecule has 0 unspecified atom stereocenters. The summed E-state index contributed by atoms with van der Waals surface area (Å²) in [5, 5.41) is 21.9. The Labute approximate surface area is 165 Å². The van der Waals surface area contributed by atoms with Gasteiger partial charge in [-0.05, 0) is 54.0 Å². The molecule has 0 radical (unpaired) electrons. The van der Waals surface area contributed by atoms with Crippen molar-refractivity contribution in [2.45, 2.75) is 6.42 Å². The van der Waals surface area contributed by atoms with Gasteiger partial charge in [-0.1, -0.05) is 36.4 Å². The number of allylic oxidation sites excluding steroid dienone is 3. The van der Waals surface area contributed by atoms with Crippen LogP contribution in [0.5, 0.6) is 11.5 Å². The van der Waals surface area contributed by atoms with Crippen molar-refractivity contribution in [2.24, 2.45) is 0 Å². The van der Waals surface area contributed by atoms with E-state index in [1.54, 1.807) is 61.7 Å². The summed E-state index contributed by atoms with van der Waals surface area (Å²) in [6.45, 7) is 1.31. The van der Waals surface area contributed by atoms with E-state index < -0.39 is 0 Å². The fourth-order valence-corrected chi connectivity index (χ4v) is 2.34. The number of aromatic hydroxyl groups is 2. The normalized spacial score (nSPS) is 12.0. The summed E-state index contributed by atoms with van der Waals surface area (Å²) in [5.74, 6) is 0.239. The molecule has 0 aliphatic rings. The van der Waals surface area contributed by atoms with E-state index in [4.69, 9.17) is 4.74 Å². The van der Waals surface area contributed by atoms with E-state index in [9.17, 15) is 15.0 Å². The predicted molar refractivity (Wildman–Crippen MR) is 112 cm³/mol. The van der Waals surface area contributed by atoms with Gasteiger partial charge in [-0.3, -0.25) is 4.79 Å². The van der Waals surface area contributed by atoms with Gasteiger partial charge in [0, 0.05) is 32.0 Å². The van der Waals surface area contributed by atoms with Crippen molar-refractivity contribution in [3.05, 3.63) is 83.6 Å². The molecule has 0 spiro atoms. The summed E-state index contributed by atoms with van der Waals surface area (Å²) in [4.78, 5) is 12.3. The molecule has 0 aliphatic carbocycles. The zero-order chi connectivity index (χ0) is 20.2. The van der Waals surface area contributed by atoms with Crippen LogP contribution in [0.15, 0.2) is 72.5 Å². The monoisotopic (exact) mass is 379 g/mol. The summed E-state index contributed by atoms with van der Waals surface area (Å²) < 4.78 is 5.04. The van der Waals surface area contributed by atoms with E-state index in [1.807, 2.05) is 12.2 Å². The van der Waals surface area contributed by atoms with Crippen LogP contribution in [0, 0.1) is 0 Å². The molecule has 5 nitrogen and oxygen atoms in total. The fourth-order valence-electron chi connectivity index (χ4n) is 2.34. The average Bonchev–Trinajstić information content (AvgIpc) is 2.70. The lowest BCUT2D eigenvalue weighted by Crippen LogP contribution is -2.16. The van der Waals surface area contributed by atoms with Gasteiger partial charge in [0.15, 0.2) is 5.78 Å². The first kappa shape index (κ1) is 21.0. The lowest BCUT2D eigenvalue weighted by molar-refractivity contribution is -0.110. The topological polar surface area (TPSA) is 78.8 Å². The molecular formula is C23H25NO4. The lowest BCUT2D eigenvalue weighted by Gasteiger charge is -2.07. The van der Waals surface area contributed by atoms with Gasteiger partial charge in [-0.2, -0.15) is 0 Å². The molecule has 0 aliphatic heterocycles. The molecule has 3 N–H and O–H groups in total. The van der Waals surface area contributed by atoms with Gasteiger partial charge in [0.2, 0.25) is 0 Å². The first-order valence-electron chi connectivity index (χ1n) is 8.99. The Morgan fingerprint density at radius 1 is 0.929 bits per heavy atom. The molecule has 0 heterocycles. The number of phenolic OH excluding ortho intramolecular Hbond substituents is 2. The Balaban J connectivity index is 2.08. The summed E-state index contributed by atoms with van der Waals surface area (Å²) in [6.07, 6.45) is 9.22. The van der Waals surface area contributed by atoms with Crippen LogP contribution in [-0.2, 0) is 9.53 Å². The van der Waals surface area contributed by atoms with Gasteiger partial charge < -0.3 is 20.3 Å². The van der Waals surface area contributed by atoms with E-state index in [-0.39, 0.29) is 17.3 Å². The van der Waals surface area contributed by atoms with Crippen molar-refractivity contribution in [1.29, 1.82) is 0 Å². The highest BCUT2D eigenvalue weighted by Crippen LogP contribution is 2.12. The fraction of sp³-hybridized carbons (Fsp3) is 0.174. The molecule has 0 amide bonds. The highest BCUT2D eigenvalue weighted by molar-refractivity contribution is 6.02. The SMILES string of the molecule is COCCCNC(=C\C(=O)/C=C/c1ccc(O)cc1)/C=C/c1ccc(O)cc1. The van der Waals surface area contributed by atoms with Gasteiger partial charge in [0.25, 0.3) is 0 Å². The lowest BCUT2D eigenvalue weighted by atomic mass is 10.1. The third kappa shape index (κ3) is 7.93. The van der Waals surface area contributed by atoms with E-state index >= 15 is 0 Å². The number of methoxy groups -OCH3 is 1. The summed E-state index contributed by atoms with van der Waals surface area (Å²) in [5.41, 5.74) is 2.42. The number of phenols is 2. The van der Waals surface area contributed by atoms with Gasteiger partial charge in [-0.15, -0.1) is 0 Å². The Morgan fingerprint density at radius 2 is 1.46 bits per heavy atom. The van der Waals surface area contributed by atoms with Crippen molar-refractivity contribution < 1.29 is 19.7 Å². The van der Waals surface area contributed by atoms with Crippen LogP contribution in [0.4, 0.5) is 0 Å². The van der Waals surface area contributed by atoms with E-state index in [0.29, 0.717) is 18.8 Å². The minimum atomic E-state index is -0.155. The van der Waals surface area contributed by atoms with E-state index in [2.05, 4.69) is 5.32 Å². The molecule has 2 rings (SSSR count). The molecule has 0 atom stereocenters. The highest BCUT2D eigenvalue weighted by atomic mass is 16.5. The molecule has 28 heavy (non-hydrogen) atoms. The van der Waals surface area contributed by atoms with Crippen LogP contribution in [0.25, 0.3) is 12.2 Å². The first-order valence-corrected chi connectivity index (χ1v) is 8.99. The highest BCUT2D eigenvalue weighted by Gasteiger charge is 1.98. The van der Waals surface area contributed by atoms with Crippen molar-refractivity contribution in [2.75, 3.05) is 20.3 Å². The van der Waals surface area contributed by atoms with Gasteiger partial charge in [0.1, 0.15) is 11.5 Å². The number of carbonyl (C=O) groups excluding carboxylic acids is 1. The van der Waals surface area contributed by atoms with Gasteiger partial charge in [-0.25, -0.2) is 0 Å². The number of nitrogens with one attached hydrogen (secondary N) is 1. The number of ketones is 1. The van der Waals surface area contributed by atoms with Gasteiger partial charge in [0.05, 0.1) is 0 Å². The van der Waals surface area contributed by atoms with Crippen molar-refractivity contribution in [3.8, 4) is 11.5 Å². The standard InChI is InChI=1S/C23H25NO4/c1-28-16-2-15-24-20(9-3-18-4-10-21(25)11-5-18)17-23(27)14-8-19-6-12-22(26)13-7-19/h3-14,17,24-26H,2,15-16H2,1H3/b9-3+,14-8+,20-17-. The molecule has 0 saturated carbocycles. The Bertz CT molecular complexity index is 834. The second kappa shape index (κ2) is 11.4. The van der Waals surface area contributed by atoms with Crippen LogP contribution >= 0.6 is 0 Å². The van der Waals surface area contributed by atoms with Gasteiger partial charge >= 0.3 is 0 Å². The number of benzene rings is 2. The molecule has 5 heteroatoms. The Kier molecular flexibility index (Phi) is 8.56. The molecule has 0 bridgehead atoms. The maximum atomic E-state index is 12.3. The smallest absolute Gasteiger partial charge is 0.180 e. The van der Waals surface area contributed by atoms with Crippen LogP contribution in [0.1, 0.15) is 17.5 Å².